The van der Waals surface area contributed by atoms with E-state index < -0.39 is 17.5 Å². The lowest BCUT2D eigenvalue weighted by molar-refractivity contribution is 0.506. The monoisotopic (exact) mass is 285 g/mol. The van der Waals surface area contributed by atoms with Crippen LogP contribution in [0.1, 0.15) is 18.5 Å². The van der Waals surface area contributed by atoms with E-state index in [1.807, 2.05) is 0 Å². The highest BCUT2D eigenvalue weighted by molar-refractivity contribution is 6.30. The summed E-state index contributed by atoms with van der Waals surface area (Å²) in [5.41, 5.74) is 0.725. The van der Waals surface area contributed by atoms with Crippen LogP contribution < -0.4 is 5.32 Å². The van der Waals surface area contributed by atoms with Crippen LogP contribution >= 0.6 is 11.6 Å². The molecule has 0 aliphatic carbocycles. The fraction of sp³-hybridized carbons (Fsp3) is 0.143. The Labute approximate surface area is 114 Å². The summed E-state index contributed by atoms with van der Waals surface area (Å²) in [5, 5.41) is 3.26. The molecule has 0 saturated heterocycles. The maximum atomic E-state index is 13.5. The van der Waals surface area contributed by atoms with Gasteiger partial charge in [-0.25, -0.2) is 13.2 Å². The van der Waals surface area contributed by atoms with Crippen molar-refractivity contribution in [3.8, 4) is 0 Å². The summed E-state index contributed by atoms with van der Waals surface area (Å²) < 4.78 is 39.5. The molecule has 0 saturated carbocycles. The first-order valence-corrected chi connectivity index (χ1v) is 6.01. The van der Waals surface area contributed by atoms with Gasteiger partial charge in [-0.3, -0.25) is 0 Å². The van der Waals surface area contributed by atoms with Gasteiger partial charge in [0.15, 0.2) is 11.6 Å². The Hall–Kier alpha value is -1.68. The van der Waals surface area contributed by atoms with Gasteiger partial charge in [-0.05, 0) is 42.8 Å². The van der Waals surface area contributed by atoms with E-state index in [9.17, 15) is 13.2 Å². The molecule has 1 unspecified atom stereocenters. The highest BCUT2D eigenvalue weighted by Gasteiger charge is 2.11. The standard InChI is InChI=1S/C14H11ClF3N/c1-8(9-2-4-11(16)13(18)6-9)19-14-7-10(15)3-5-12(14)17/h2-8,19H,1H3. The first-order valence-electron chi connectivity index (χ1n) is 5.64. The van der Waals surface area contributed by atoms with Crippen molar-refractivity contribution in [3.05, 3.63) is 64.4 Å². The Morgan fingerprint density at radius 2 is 1.63 bits per heavy atom. The van der Waals surface area contributed by atoms with E-state index in [4.69, 9.17) is 11.6 Å². The van der Waals surface area contributed by atoms with E-state index in [1.54, 1.807) is 6.92 Å². The Morgan fingerprint density at radius 3 is 2.32 bits per heavy atom. The smallest absolute Gasteiger partial charge is 0.159 e. The van der Waals surface area contributed by atoms with Crippen molar-refractivity contribution < 1.29 is 13.2 Å². The van der Waals surface area contributed by atoms with Gasteiger partial charge in [0.2, 0.25) is 0 Å². The molecule has 0 spiro atoms. The van der Waals surface area contributed by atoms with Gasteiger partial charge in [0, 0.05) is 11.1 Å². The first-order chi connectivity index (χ1) is 8.97. The number of hydrogen-bond acceptors (Lipinski definition) is 1. The van der Waals surface area contributed by atoms with Gasteiger partial charge in [-0.1, -0.05) is 17.7 Å². The van der Waals surface area contributed by atoms with Gasteiger partial charge in [0.1, 0.15) is 5.82 Å². The van der Waals surface area contributed by atoms with Crippen LogP contribution in [0.2, 0.25) is 5.02 Å². The van der Waals surface area contributed by atoms with E-state index in [-0.39, 0.29) is 11.7 Å². The van der Waals surface area contributed by atoms with Crippen LogP contribution in [0.25, 0.3) is 0 Å². The van der Waals surface area contributed by atoms with Crippen LogP contribution in [0.3, 0.4) is 0 Å². The number of hydrogen-bond donors (Lipinski definition) is 1. The molecule has 19 heavy (non-hydrogen) atoms. The number of nitrogens with one attached hydrogen (secondary N) is 1. The molecule has 1 N–H and O–H groups in total. The fourth-order valence-electron chi connectivity index (χ4n) is 1.71. The van der Waals surface area contributed by atoms with Crippen molar-refractivity contribution >= 4 is 17.3 Å². The normalized spacial score (nSPS) is 12.3. The molecule has 0 aromatic heterocycles. The minimum absolute atomic E-state index is 0.213. The van der Waals surface area contributed by atoms with Crippen LogP contribution in [0.5, 0.6) is 0 Å². The number of anilines is 1. The van der Waals surface area contributed by atoms with Gasteiger partial charge >= 0.3 is 0 Å². The van der Waals surface area contributed by atoms with Gasteiger partial charge in [-0.2, -0.15) is 0 Å². The predicted octanol–water partition coefficient (Wildman–Crippen LogP) is 4.93. The SMILES string of the molecule is CC(Nc1cc(Cl)ccc1F)c1ccc(F)c(F)c1. The molecule has 1 nitrogen and oxygen atoms in total. The summed E-state index contributed by atoms with van der Waals surface area (Å²) in [5.74, 6) is -2.30. The van der Waals surface area contributed by atoms with Crippen molar-refractivity contribution in [3.63, 3.8) is 0 Å². The minimum atomic E-state index is -0.933. The van der Waals surface area contributed by atoms with Crippen LogP contribution in [0, 0.1) is 17.5 Å². The lowest BCUT2D eigenvalue weighted by atomic mass is 10.1. The molecule has 0 aliphatic heterocycles. The van der Waals surface area contributed by atoms with Crippen molar-refractivity contribution in [2.24, 2.45) is 0 Å². The maximum absolute atomic E-state index is 13.5. The summed E-state index contributed by atoms with van der Waals surface area (Å²) in [7, 11) is 0. The number of benzene rings is 2. The number of rotatable bonds is 3. The summed E-state index contributed by atoms with van der Waals surface area (Å²) in [4.78, 5) is 0. The summed E-state index contributed by atoms with van der Waals surface area (Å²) in [6, 6.07) is 7.29. The van der Waals surface area contributed by atoms with Crippen LogP contribution in [0.15, 0.2) is 36.4 Å². The molecule has 2 rings (SSSR count). The molecular formula is C14H11ClF3N. The van der Waals surface area contributed by atoms with E-state index in [0.29, 0.717) is 10.6 Å². The van der Waals surface area contributed by atoms with Gasteiger partial charge < -0.3 is 5.32 Å². The van der Waals surface area contributed by atoms with E-state index in [2.05, 4.69) is 5.32 Å². The van der Waals surface area contributed by atoms with Crippen LogP contribution in [-0.2, 0) is 0 Å². The average molecular weight is 286 g/mol. The van der Waals surface area contributed by atoms with Gasteiger partial charge in [-0.15, -0.1) is 0 Å². The molecular weight excluding hydrogens is 275 g/mol. The molecule has 2 aromatic rings. The fourth-order valence-corrected chi connectivity index (χ4v) is 1.88. The molecule has 1 atom stereocenters. The van der Waals surface area contributed by atoms with E-state index >= 15 is 0 Å². The maximum Gasteiger partial charge on any atom is 0.159 e. The van der Waals surface area contributed by atoms with Gasteiger partial charge in [0.05, 0.1) is 5.69 Å². The highest BCUT2D eigenvalue weighted by Crippen LogP contribution is 2.25. The minimum Gasteiger partial charge on any atom is -0.376 e. The molecule has 0 fully saturated rings. The molecule has 0 bridgehead atoms. The van der Waals surface area contributed by atoms with Crippen molar-refractivity contribution in [1.82, 2.24) is 0 Å². The van der Waals surface area contributed by atoms with Crippen LogP contribution in [0.4, 0.5) is 18.9 Å². The van der Waals surface area contributed by atoms with E-state index in [1.165, 1.54) is 24.3 Å². The van der Waals surface area contributed by atoms with Gasteiger partial charge in [0.25, 0.3) is 0 Å². The second kappa shape index (κ2) is 5.53. The zero-order valence-electron chi connectivity index (χ0n) is 10.1. The van der Waals surface area contributed by atoms with Crippen LogP contribution in [-0.4, -0.2) is 0 Å². The Bertz CT molecular complexity index is 601. The van der Waals surface area contributed by atoms with Crippen molar-refractivity contribution in [1.29, 1.82) is 0 Å². The summed E-state index contributed by atoms with van der Waals surface area (Å²) in [6.07, 6.45) is 0. The molecule has 0 heterocycles. The third kappa shape index (κ3) is 3.20. The molecule has 5 heteroatoms. The first kappa shape index (κ1) is 13.7. The molecule has 0 aliphatic rings. The molecule has 2 aromatic carbocycles. The van der Waals surface area contributed by atoms with Crippen molar-refractivity contribution in [2.45, 2.75) is 13.0 Å². The zero-order chi connectivity index (χ0) is 14.0. The molecule has 100 valence electrons. The Balaban J connectivity index is 2.22. The number of halogens is 4. The molecule has 0 amide bonds. The largest absolute Gasteiger partial charge is 0.376 e. The quantitative estimate of drug-likeness (QED) is 0.843. The molecule has 0 radical (unpaired) electrons. The third-order valence-electron chi connectivity index (χ3n) is 2.74. The average Bonchev–Trinajstić information content (AvgIpc) is 2.37. The zero-order valence-corrected chi connectivity index (χ0v) is 10.8. The lowest BCUT2D eigenvalue weighted by Gasteiger charge is -2.16. The lowest BCUT2D eigenvalue weighted by Crippen LogP contribution is -2.08. The predicted molar refractivity (Wildman–Crippen MR) is 69.8 cm³/mol. The Kier molecular flexibility index (Phi) is 4.00. The summed E-state index contributed by atoms with van der Waals surface area (Å²) in [6.45, 7) is 1.72. The second-order valence-corrected chi connectivity index (χ2v) is 4.60. The third-order valence-corrected chi connectivity index (χ3v) is 2.98. The highest BCUT2D eigenvalue weighted by atomic mass is 35.5. The Morgan fingerprint density at radius 1 is 0.947 bits per heavy atom. The topological polar surface area (TPSA) is 12.0 Å². The summed E-state index contributed by atoms with van der Waals surface area (Å²) >= 11 is 5.78. The van der Waals surface area contributed by atoms with E-state index in [0.717, 1.165) is 12.1 Å². The van der Waals surface area contributed by atoms with Crippen molar-refractivity contribution in [2.75, 3.05) is 5.32 Å². The second-order valence-electron chi connectivity index (χ2n) is 4.16.